The summed E-state index contributed by atoms with van der Waals surface area (Å²) in [5.74, 6) is 0.582. The highest BCUT2D eigenvalue weighted by Crippen LogP contribution is 2.47. The molecule has 0 saturated heterocycles. The molecule has 1 aromatic heterocycles. The number of hydrogen-bond donors (Lipinski definition) is 0. The minimum Gasteiger partial charge on any atom is -0.309 e. The zero-order valence-electron chi connectivity index (χ0n) is 26.8. The molecule has 48 heavy (non-hydrogen) atoms. The van der Waals surface area contributed by atoms with Gasteiger partial charge in [-0.1, -0.05) is 146 Å². The molecule has 0 spiro atoms. The summed E-state index contributed by atoms with van der Waals surface area (Å²) in [6.07, 6.45) is 5.69. The van der Waals surface area contributed by atoms with Gasteiger partial charge in [0.1, 0.15) is 0 Å². The molecule has 1 aliphatic rings. The summed E-state index contributed by atoms with van der Waals surface area (Å²) in [6, 6.07) is 56.3. The zero-order valence-corrected chi connectivity index (χ0v) is 26.8. The van der Waals surface area contributed by atoms with Gasteiger partial charge in [-0.2, -0.15) is 0 Å². The van der Waals surface area contributed by atoms with Crippen LogP contribution in [0.3, 0.4) is 0 Å². The van der Waals surface area contributed by atoms with E-state index in [4.69, 9.17) is 0 Å². The molecular formula is C47H33N. The van der Waals surface area contributed by atoms with E-state index in [0.717, 1.165) is 6.42 Å². The highest BCUT2D eigenvalue weighted by atomic mass is 15.0. The molecule has 10 rings (SSSR count). The normalized spacial score (nSPS) is 14.4. The second-order valence-corrected chi connectivity index (χ2v) is 13.4. The third-order valence-corrected chi connectivity index (χ3v) is 10.5. The molecule has 1 aliphatic carbocycles. The van der Waals surface area contributed by atoms with Crippen LogP contribution in [0.25, 0.3) is 88.1 Å². The quantitative estimate of drug-likeness (QED) is 0.175. The van der Waals surface area contributed by atoms with Crippen molar-refractivity contribution in [1.29, 1.82) is 0 Å². The molecule has 0 fully saturated rings. The lowest BCUT2D eigenvalue weighted by Gasteiger charge is -2.17. The van der Waals surface area contributed by atoms with E-state index in [-0.39, 0.29) is 0 Å². The third kappa shape index (κ3) is 4.04. The predicted octanol–water partition coefficient (Wildman–Crippen LogP) is 12.8. The topological polar surface area (TPSA) is 4.93 Å². The third-order valence-electron chi connectivity index (χ3n) is 10.5. The van der Waals surface area contributed by atoms with Crippen LogP contribution in [-0.4, -0.2) is 4.57 Å². The lowest BCUT2D eigenvalue weighted by molar-refractivity contribution is 0.717. The number of allylic oxidation sites excluding steroid dienone is 1. The van der Waals surface area contributed by atoms with Gasteiger partial charge >= 0.3 is 0 Å². The summed E-state index contributed by atoms with van der Waals surface area (Å²) < 4.78 is 2.50. The SMILES string of the molecule is CC1C=Cc2ccc(-c3ccc(-n4c5ccccc5c5c6c7ccccc7c(-c7ccccc7)cc6c6ccccc6c54)cc3)cc2C1. The van der Waals surface area contributed by atoms with E-state index >= 15 is 0 Å². The van der Waals surface area contributed by atoms with Crippen molar-refractivity contribution >= 4 is 60.2 Å². The Kier molecular flexibility index (Phi) is 5.98. The lowest BCUT2D eigenvalue weighted by Crippen LogP contribution is -2.03. The van der Waals surface area contributed by atoms with E-state index < -0.39 is 0 Å². The van der Waals surface area contributed by atoms with Crippen LogP contribution in [0, 0.1) is 5.92 Å². The van der Waals surface area contributed by atoms with E-state index in [9.17, 15) is 0 Å². The van der Waals surface area contributed by atoms with Gasteiger partial charge in [0.15, 0.2) is 0 Å². The van der Waals surface area contributed by atoms with E-state index in [1.54, 1.807) is 0 Å². The summed E-state index contributed by atoms with van der Waals surface area (Å²) >= 11 is 0. The first kappa shape index (κ1) is 27.2. The Balaban J connectivity index is 1.27. The van der Waals surface area contributed by atoms with Crippen LogP contribution in [0.4, 0.5) is 0 Å². The van der Waals surface area contributed by atoms with Crippen molar-refractivity contribution in [2.75, 3.05) is 0 Å². The molecule has 1 heteroatoms. The minimum absolute atomic E-state index is 0.582. The van der Waals surface area contributed by atoms with Crippen molar-refractivity contribution in [3.8, 4) is 27.9 Å². The van der Waals surface area contributed by atoms with Crippen LogP contribution in [0.15, 0.2) is 158 Å². The minimum atomic E-state index is 0.582. The van der Waals surface area contributed by atoms with Crippen LogP contribution >= 0.6 is 0 Å². The first-order chi connectivity index (χ1) is 23.7. The van der Waals surface area contributed by atoms with Gasteiger partial charge < -0.3 is 4.57 Å². The van der Waals surface area contributed by atoms with Gasteiger partial charge in [0.2, 0.25) is 0 Å². The van der Waals surface area contributed by atoms with Gasteiger partial charge in [0.25, 0.3) is 0 Å². The monoisotopic (exact) mass is 611 g/mol. The van der Waals surface area contributed by atoms with Crippen LogP contribution < -0.4 is 0 Å². The molecule has 1 unspecified atom stereocenters. The van der Waals surface area contributed by atoms with Crippen molar-refractivity contribution in [2.24, 2.45) is 5.92 Å². The molecular weight excluding hydrogens is 579 g/mol. The van der Waals surface area contributed by atoms with Gasteiger partial charge in [-0.25, -0.2) is 0 Å². The van der Waals surface area contributed by atoms with Gasteiger partial charge in [-0.15, -0.1) is 0 Å². The van der Waals surface area contributed by atoms with Crippen molar-refractivity contribution in [2.45, 2.75) is 13.3 Å². The highest BCUT2D eigenvalue weighted by molar-refractivity contribution is 6.38. The molecule has 0 radical (unpaired) electrons. The first-order valence-electron chi connectivity index (χ1n) is 17.0. The summed E-state index contributed by atoms with van der Waals surface area (Å²) in [5.41, 5.74) is 11.5. The van der Waals surface area contributed by atoms with Crippen LogP contribution in [0.5, 0.6) is 0 Å². The molecule has 226 valence electrons. The Hall–Kier alpha value is -5.92. The highest BCUT2D eigenvalue weighted by Gasteiger charge is 2.21. The van der Waals surface area contributed by atoms with Gasteiger partial charge in [-0.3, -0.25) is 0 Å². The molecule has 1 nitrogen and oxygen atoms in total. The van der Waals surface area contributed by atoms with Crippen molar-refractivity contribution in [3.05, 3.63) is 169 Å². The van der Waals surface area contributed by atoms with E-state index in [1.165, 1.54) is 93.2 Å². The Bertz CT molecular complexity index is 2740. The van der Waals surface area contributed by atoms with Gasteiger partial charge in [-0.05, 0) is 91.5 Å². The summed E-state index contributed by atoms with van der Waals surface area (Å²) in [5, 5.41) is 10.3. The van der Waals surface area contributed by atoms with Gasteiger partial charge in [0, 0.05) is 27.2 Å². The maximum atomic E-state index is 2.50. The molecule has 0 amide bonds. The summed E-state index contributed by atoms with van der Waals surface area (Å²) in [6.45, 7) is 2.30. The average Bonchev–Trinajstić information content (AvgIpc) is 3.50. The fourth-order valence-electron chi connectivity index (χ4n) is 8.26. The molecule has 1 atom stereocenters. The number of nitrogens with zero attached hydrogens (tertiary/aromatic N) is 1. The second-order valence-electron chi connectivity index (χ2n) is 13.4. The van der Waals surface area contributed by atoms with E-state index in [2.05, 4.69) is 175 Å². The average molecular weight is 612 g/mol. The second kappa shape index (κ2) is 10.6. The predicted molar refractivity (Wildman–Crippen MR) is 206 cm³/mol. The number of benzene rings is 8. The van der Waals surface area contributed by atoms with Crippen LogP contribution in [0.1, 0.15) is 18.1 Å². The number of para-hydroxylation sites is 1. The largest absolute Gasteiger partial charge is 0.309 e. The van der Waals surface area contributed by atoms with E-state index in [0.29, 0.717) is 5.92 Å². The first-order valence-corrected chi connectivity index (χ1v) is 17.0. The van der Waals surface area contributed by atoms with Gasteiger partial charge in [0.05, 0.1) is 11.0 Å². The Morgan fingerprint density at radius 3 is 1.98 bits per heavy atom. The fourth-order valence-corrected chi connectivity index (χ4v) is 8.26. The van der Waals surface area contributed by atoms with Crippen LogP contribution in [0.2, 0.25) is 0 Å². The smallest absolute Gasteiger partial charge is 0.0626 e. The van der Waals surface area contributed by atoms with Crippen molar-refractivity contribution in [3.63, 3.8) is 0 Å². The number of rotatable bonds is 3. The fraction of sp³-hybridized carbons (Fsp3) is 0.0638. The van der Waals surface area contributed by atoms with Crippen LogP contribution in [-0.2, 0) is 6.42 Å². The molecule has 1 heterocycles. The number of hydrogen-bond acceptors (Lipinski definition) is 0. The van der Waals surface area contributed by atoms with Crippen molar-refractivity contribution < 1.29 is 0 Å². The molecule has 9 aromatic rings. The molecule has 8 aromatic carbocycles. The molecule has 0 aliphatic heterocycles. The zero-order chi connectivity index (χ0) is 31.8. The summed E-state index contributed by atoms with van der Waals surface area (Å²) in [7, 11) is 0. The maximum Gasteiger partial charge on any atom is 0.0626 e. The number of aromatic nitrogens is 1. The van der Waals surface area contributed by atoms with E-state index in [1.807, 2.05) is 0 Å². The maximum absolute atomic E-state index is 2.50. The Labute approximate surface area is 280 Å². The Morgan fingerprint density at radius 2 is 1.17 bits per heavy atom. The molecule has 0 N–H and O–H groups in total. The lowest BCUT2D eigenvalue weighted by atomic mass is 9.88. The molecule has 0 bridgehead atoms. The standard InChI is InChI=1S/C47H33N/c1-30-19-20-32-21-22-34(28-35(32)27-30)31-23-25-36(26-24-31)48-44-18-10-9-17-41(44)46-45-39-15-7-5-13-37(39)42(33-11-3-2-4-12-33)29-43(45)38-14-6-8-16-40(38)47(46)48/h2-26,28-30H,27H2,1H3. The Morgan fingerprint density at radius 1 is 0.500 bits per heavy atom. The number of fused-ring (bicyclic) bond motifs is 11. The van der Waals surface area contributed by atoms with Crippen molar-refractivity contribution in [1.82, 2.24) is 4.57 Å². The molecule has 0 saturated carbocycles. The summed E-state index contributed by atoms with van der Waals surface area (Å²) in [4.78, 5) is 0.